The van der Waals surface area contributed by atoms with Gasteiger partial charge in [-0.1, -0.05) is 59.9 Å². The molecule has 0 bridgehead atoms. The summed E-state index contributed by atoms with van der Waals surface area (Å²) in [5.41, 5.74) is 3.26. The smallest absolute Gasteiger partial charge is 0.186 e. The normalized spacial score (nSPS) is 15.1. The number of piperazine rings is 1. The van der Waals surface area contributed by atoms with E-state index in [-0.39, 0.29) is 6.04 Å². The molecule has 1 fully saturated rings. The molecule has 9 nitrogen and oxygen atoms in total. The minimum Gasteiger partial charge on any atom is -0.493 e. The SMILES string of the molecule is COc1ccc([C@H](c2nnnn2Cc2ccccc2)N2CCN(c3nc4ccccc4s3)CC2)cc1OC. The number of para-hydroxylation sites is 1. The van der Waals surface area contributed by atoms with Gasteiger partial charge in [0.25, 0.3) is 0 Å². The lowest BCUT2D eigenvalue weighted by atomic mass is 10.0. The molecular formula is C28H29N7O2S. The van der Waals surface area contributed by atoms with E-state index in [0.717, 1.165) is 53.8 Å². The standard InChI is InChI=1S/C28H29N7O2S/c1-36-23-13-12-21(18-24(23)37-2)26(27-30-31-32-35(27)19-20-8-4-3-5-9-20)33-14-16-34(17-15-33)28-29-22-10-6-7-11-25(22)38-28/h3-13,18,26H,14-17,19H2,1-2H3/t26-/m1/s1. The highest BCUT2D eigenvalue weighted by Gasteiger charge is 2.32. The molecule has 0 unspecified atom stereocenters. The number of hydrogen-bond acceptors (Lipinski definition) is 9. The van der Waals surface area contributed by atoms with Gasteiger partial charge < -0.3 is 14.4 Å². The molecule has 1 atom stereocenters. The number of aromatic nitrogens is 5. The molecule has 3 aromatic carbocycles. The zero-order chi connectivity index (χ0) is 25.9. The van der Waals surface area contributed by atoms with Crippen molar-refractivity contribution >= 4 is 26.7 Å². The lowest BCUT2D eigenvalue weighted by Crippen LogP contribution is -2.48. The van der Waals surface area contributed by atoms with Crippen LogP contribution in [0.2, 0.25) is 0 Å². The Kier molecular flexibility index (Phi) is 6.89. The monoisotopic (exact) mass is 527 g/mol. The average molecular weight is 528 g/mol. The second-order valence-electron chi connectivity index (χ2n) is 9.18. The van der Waals surface area contributed by atoms with Gasteiger partial charge in [0, 0.05) is 26.2 Å². The molecule has 0 saturated carbocycles. The third kappa shape index (κ3) is 4.80. The van der Waals surface area contributed by atoms with Crippen molar-refractivity contribution < 1.29 is 9.47 Å². The largest absolute Gasteiger partial charge is 0.493 e. The molecular weight excluding hydrogens is 498 g/mol. The molecule has 3 heterocycles. The summed E-state index contributed by atoms with van der Waals surface area (Å²) in [6.45, 7) is 4.01. The van der Waals surface area contributed by atoms with E-state index in [2.05, 4.69) is 61.7 Å². The van der Waals surface area contributed by atoms with Crippen molar-refractivity contribution in [2.75, 3.05) is 45.3 Å². The topological polar surface area (TPSA) is 81.4 Å². The molecule has 6 rings (SSSR count). The second kappa shape index (κ2) is 10.8. The van der Waals surface area contributed by atoms with Crippen molar-refractivity contribution in [3.8, 4) is 11.5 Å². The van der Waals surface area contributed by atoms with E-state index in [0.29, 0.717) is 18.0 Å². The number of benzene rings is 3. The van der Waals surface area contributed by atoms with Crippen LogP contribution in [0.4, 0.5) is 5.13 Å². The Hall–Kier alpha value is -4.02. The number of ether oxygens (including phenoxy) is 2. The van der Waals surface area contributed by atoms with Gasteiger partial charge >= 0.3 is 0 Å². The molecule has 0 amide bonds. The molecule has 1 saturated heterocycles. The maximum atomic E-state index is 5.64. The molecule has 1 aliphatic rings. The molecule has 38 heavy (non-hydrogen) atoms. The van der Waals surface area contributed by atoms with Crippen LogP contribution < -0.4 is 14.4 Å². The highest BCUT2D eigenvalue weighted by Crippen LogP contribution is 2.36. The van der Waals surface area contributed by atoms with Crippen LogP contribution in [0.25, 0.3) is 10.2 Å². The quantitative estimate of drug-likeness (QED) is 0.296. The van der Waals surface area contributed by atoms with E-state index in [1.54, 1.807) is 25.6 Å². The van der Waals surface area contributed by atoms with E-state index in [4.69, 9.17) is 14.5 Å². The van der Waals surface area contributed by atoms with Gasteiger partial charge in [0.15, 0.2) is 22.5 Å². The van der Waals surface area contributed by atoms with E-state index >= 15 is 0 Å². The van der Waals surface area contributed by atoms with Crippen molar-refractivity contribution in [3.05, 3.63) is 89.7 Å². The lowest BCUT2D eigenvalue weighted by molar-refractivity contribution is 0.201. The van der Waals surface area contributed by atoms with Gasteiger partial charge in [0.1, 0.15) is 0 Å². The van der Waals surface area contributed by atoms with Crippen LogP contribution in [-0.2, 0) is 6.54 Å². The number of fused-ring (bicyclic) bond motifs is 1. The van der Waals surface area contributed by atoms with Crippen LogP contribution >= 0.6 is 11.3 Å². The van der Waals surface area contributed by atoms with Crippen molar-refractivity contribution in [2.45, 2.75) is 12.6 Å². The number of rotatable bonds is 8. The van der Waals surface area contributed by atoms with Gasteiger partial charge in [-0.05, 0) is 45.8 Å². The van der Waals surface area contributed by atoms with Gasteiger partial charge in [-0.3, -0.25) is 4.90 Å². The Morgan fingerprint density at radius 1 is 0.868 bits per heavy atom. The molecule has 1 aliphatic heterocycles. The van der Waals surface area contributed by atoms with E-state index in [9.17, 15) is 0 Å². The van der Waals surface area contributed by atoms with E-state index < -0.39 is 0 Å². The highest BCUT2D eigenvalue weighted by molar-refractivity contribution is 7.22. The van der Waals surface area contributed by atoms with Crippen LogP contribution in [-0.4, -0.2) is 70.5 Å². The Morgan fingerprint density at radius 2 is 1.63 bits per heavy atom. The molecule has 10 heteroatoms. The van der Waals surface area contributed by atoms with Crippen molar-refractivity contribution in [2.24, 2.45) is 0 Å². The maximum Gasteiger partial charge on any atom is 0.186 e. The molecule has 0 spiro atoms. The number of anilines is 1. The summed E-state index contributed by atoms with van der Waals surface area (Å²) < 4.78 is 14.3. The first-order valence-corrected chi connectivity index (χ1v) is 13.4. The predicted octanol–water partition coefficient (Wildman–Crippen LogP) is 4.26. The van der Waals surface area contributed by atoms with Crippen LogP contribution in [0.3, 0.4) is 0 Å². The minimum atomic E-state index is -0.147. The fourth-order valence-corrected chi connectivity index (χ4v) is 6.01. The number of tetrazole rings is 1. The first kappa shape index (κ1) is 24.3. The van der Waals surface area contributed by atoms with Crippen molar-refractivity contribution in [1.82, 2.24) is 30.1 Å². The summed E-state index contributed by atoms with van der Waals surface area (Å²) in [7, 11) is 3.31. The van der Waals surface area contributed by atoms with Crippen molar-refractivity contribution in [3.63, 3.8) is 0 Å². The van der Waals surface area contributed by atoms with Crippen LogP contribution in [0.5, 0.6) is 11.5 Å². The molecule has 0 aliphatic carbocycles. The summed E-state index contributed by atoms with van der Waals surface area (Å²) >= 11 is 1.75. The fraction of sp³-hybridized carbons (Fsp3) is 0.286. The molecule has 0 radical (unpaired) electrons. The van der Waals surface area contributed by atoms with Gasteiger partial charge in [0.05, 0.1) is 37.0 Å². The summed E-state index contributed by atoms with van der Waals surface area (Å²) in [6.07, 6.45) is 0. The summed E-state index contributed by atoms with van der Waals surface area (Å²) in [5, 5.41) is 14.1. The number of methoxy groups -OCH3 is 2. The molecule has 0 N–H and O–H groups in total. The Morgan fingerprint density at radius 3 is 2.39 bits per heavy atom. The Balaban J connectivity index is 1.31. The summed E-state index contributed by atoms with van der Waals surface area (Å²) in [4.78, 5) is 9.69. The van der Waals surface area contributed by atoms with E-state index in [1.165, 1.54) is 4.70 Å². The second-order valence-corrected chi connectivity index (χ2v) is 10.2. The highest BCUT2D eigenvalue weighted by atomic mass is 32.1. The average Bonchev–Trinajstić information content (AvgIpc) is 3.61. The van der Waals surface area contributed by atoms with Crippen LogP contribution in [0.1, 0.15) is 23.0 Å². The minimum absolute atomic E-state index is 0.147. The number of hydrogen-bond donors (Lipinski definition) is 0. The Labute approximate surface area is 225 Å². The molecule has 5 aromatic rings. The third-order valence-electron chi connectivity index (χ3n) is 6.94. The van der Waals surface area contributed by atoms with Crippen LogP contribution in [0.15, 0.2) is 72.8 Å². The zero-order valence-electron chi connectivity index (χ0n) is 21.4. The van der Waals surface area contributed by atoms with Crippen molar-refractivity contribution in [1.29, 1.82) is 0 Å². The van der Waals surface area contributed by atoms with Gasteiger partial charge in [0.2, 0.25) is 0 Å². The first-order chi connectivity index (χ1) is 18.7. The number of nitrogens with zero attached hydrogens (tertiary/aromatic N) is 7. The first-order valence-electron chi connectivity index (χ1n) is 12.6. The maximum absolute atomic E-state index is 5.64. The fourth-order valence-electron chi connectivity index (χ4n) is 4.99. The molecule has 194 valence electrons. The summed E-state index contributed by atoms with van der Waals surface area (Å²) in [5.74, 6) is 2.18. The van der Waals surface area contributed by atoms with E-state index in [1.807, 2.05) is 41.1 Å². The predicted molar refractivity (Wildman–Crippen MR) is 148 cm³/mol. The van der Waals surface area contributed by atoms with Gasteiger partial charge in [-0.2, -0.15) is 0 Å². The molecule has 2 aromatic heterocycles. The third-order valence-corrected chi connectivity index (χ3v) is 8.03. The summed E-state index contributed by atoms with van der Waals surface area (Å²) in [6, 6.07) is 24.5. The lowest BCUT2D eigenvalue weighted by Gasteiger charge is -2.39. The zero-order valence-corrected chi connectivity index (χ0v) is 22.2. The number of thiazole rings is 1. The van der Waals surface area contributed by atoms with Gasteiger partial charge in [-0.15, -0.1) is 5.10 Å². The van der Waals surface area contributed by atoms with Crippen LogP contribution in [0, 0.1) is 0 Å². The van der Waals surface area contributed by atoms with Gasteiger partial charge in [-0.25, -0.2) is 9.67 Å². The Bertz CT molecular complexity index is 1480.